The molecule has 4 aliphatic heterocycles. The van der Waals surface area contributed by atoms with E-state index in [2.05, 4.69) is 53.0 Å². The summed E-state index contributed by atoms with van der Waals surface area (Å²) in [6, 6.07) is 4.95. The van der Waals surface area contributed by atoms with E-state index in [0.29, 0.717) is 50.7 Å². The van der Waals surface area contributed by atoms with E-state index >= 15 is 13.2 Å². The molecule has 5 atom stereocenters. The van der Waals surface area contributed by atoms with Crippen LogP contribution in [0.4, 0.5) is 32.6 Å². The third-order valence-electron chi connectivity index (χ3n) is 15.8. The quantitative estimate of drug-likeness (QED) is 0.0631. The Kier molecular flexibility index (Phi) is 14.5. The van der Waals surface area contributed by atoms with E-state index in [1.165, 1.54) is 19.2 Å². The molecule has 3 saturated heterocycles. The lowest BCUT2D eigenvalue weighted by atomic mass is 9.73. The van der Waals surface area contributed by atoms with Crippen LogP contribution in [0.2, 0.25) is 16.6 Å². The first-order valence-corrected chi connectivity index (χ1v) is 27.2. The van der Waals surface area contributed by atoms with Gasteiger partial charge in [0.2, 0.25) is 6.43 Å². The first kappa shape index (κ1) is 51.6. The molecule has 8 rings (SSSR count). The molecule has 0 radical (unpaired) electrons. The smallest absolute Gasteiger partial charge is 0.410 e. The van der Waals surface area contributed by atoms with Gasteiger partial charge in [0.05, 0.1) is 41.2 Å². The number of piperidine rings is 1. The number of nitrogens with zero attached hydrogens (tertiary/aromatic N) is 5. The Balaban J connectivity index is 1.38. The first-order valence-electron chi connectivity index (χ1n) is 25.0. The maximum absolute atomic E-state index is 18.4. The number of likely N-dealkylation sites (tertiary alicyclic amines) is 1. The Morgan fingerprint density at radius 2 is 1.64 bits per heavy atom. The van der Waals surface area contributed by atoms with Gasteiger partial charge in [-0.1, -0.05) is 60.5 Å². The number of alkyl halides is 2. The van der Waals surface area contributed by atoms with Gasteiger partial charge in [0.1, 0.15) is 42.4 Å². The summed E-state index contributed by atoms with van der Waals surface area (Å²) in [5, 5.41) is 0.841. The summed E-state index contributed by atoms with van der Waals surface area (Å²) >= 11 is 0. The number of carbonyl (C=O) groups excluding carboxylic acids is 1. The second-order valence-corrected chi connectivity index (χ2v) is 28.0. The normalized spacial score (nSPS) is 23.0. The van der Waals surface area contributed by atoms with Crippen LogP contribution in [0.3, 0.4) is 0 Å². The van der Waals surface area contributed by atoms with Gasteiger partial charge in [0, 0.05) is 48.0 Å². The van der Waals surface area contributed by atoms with Crippen molar-refractivity contribution in [2.45, 2.75) is 155 Å². The second-order valence-electron chi connectivity index (χ2n) is 22.4. The zero-order chi connectivity index (χ0) is 50.8. The summed E-state index contributed by atoms with van der Waals surface area (Å²) in [6.07, 6.45) is -0.206. The highest BCUT2D eigenvalue weighted by Crippen LogP contribution is 2.49. The molecule has 5 heterocycles. The van der Waals surface area contributed by atoms with Gasteiger partial charge < -0.3 is 28.7 Å². The average molecular weight is 992 g/mol. The predicted octanol–water partition coefficient (Wildman–Crippen LogP) is 12.3. The maximum atomic E-state index is 18.4. The van der Waals surface area contributed by atoms with Gasteiger partial charge in [-0.05, 0) is 113 Å². The van der Waals surface area contributed by atoms with Crippen molar-refractivity contribution in [3.63, 3.8) is 0 Å². The molecule has 0 aliphatic carbocycles. The molecule has 2 bridgehead atoms. The van der Waals surface area contributed by atoms with Crippen molar-refractivity contribution in [3.8, 4) is 34.4 Å². The molecule has 70 heavy (non-hydrogen) atoms. The highest BCUT2D eigenvalue weighted by atomic mass is 28.3. The summed E-state index contributed by atoms with van der Waals surface area (Å²) in [7, 11) is 0.895. The molecule has 1 aromatic heterocycles. The minimum Gasteiger partial charge on any atom is -0.468 e. The number of aryl methyl sites for hydroxylation is 1. The zero-order valence-corrected chi connectivity index (χ0v) is 43.9. The number of fused-ring (bicyclic) bond motifs is 6. The van der Waals surface area contributed by atoms with Gasteiger partial charge in [-0.15, -0.1) is 5.54 Å². The molecule has 0 spiro atoms. The zero-order valence-electron chi connectivity index (χ0n) is 42.9. The summed E-state index contributed by atoms with van der Waals surface area (Å²) in [5.74, 6) is 0.278. The minimum absolute atomic E-state index is 0.0237. The molecule has 0 saturated carbocycles. The number of rotatable bonds is 11. The molecule has 380 valence electrons. The van der Waals surface area contributed by atoms with Crippen molar-refractivity contribution in [3.05, 3.63) is 52.8 Å². The van der Waals surface area contributed by atoms with Gasteiger partial charge in [-0.3, -0.25) is 4.90 Å². The van der Waals surface area contributed by atoms with Crippen LogP contribution in [-0.2, 0) is 15.9 Å². The fourth-order valence-corrected chi connectivity index (χ4v) is 17.9. The number of carbonyl (C=O) groups is 1. The average Bonchev–Trinajstić information content (AvgIpc) is 3.60. The van der Waals surface area contributed by atoms with Gasteiger partial charge in [0.25, 0.3) is 0 Å². The van der Waals surface area contributed by atoms with Crippen LogP contribution in [0.15, 0.2) is 24.3 Å². The van der Waals surface area contributed by atoms with Crippen molar-refractivity contribution in [1.82, 2.24) is 19.8 Å². The number of benzene rings is 3. The number of anilines is 1. The predicted molar refractivity (Wildman–Crippen MR) is 267 cm³/mol. The van der Waals surface area contributed by atoms with Crippen molar-refractivity contribution >= 4 is 41.7 Å². The lowest BCUT2D eigenvalue weighted by Gasteiger charge is -2.48. The van der Waals surface area contributed by atoms with E-state index < -0.39 is 60.5 Å². The van der Waals surface area contributed by atoms with Crippen LogP contribution in [0.25, 0.3) is 32.8 Å². The van der Waals surface area contributed by atoms with Gasteiger partial charge in [-0.2, -0.15) is 9.97 Å². The molecule has 4 aliphatic rings. The Bertz CT molecular complexity index is 2680. The Morgan fingerprint density at radius 1 is 0.929 bits per heavy atom. The number of hydrogen-bond donors (Lipinski definition) is 0. The lowest BCUT2D eigenvalue weighted by Crippen LogP contribution is -2.62. The fraction of sp³-hybridized carbons (Fsp3) is 0.611. The fourth-order valence-electron chi connectivity index (χ4n) is 12.7. The maximum Gasteiger partial charge on any atom is 0.410 e. The summed E-state index contributed by atoms with van der Waals surface area (Å²) < 4.78 is 106. The van der Waals surface area contributed by atoms with Crippen LogP contribution >= 0.6 is 0 Å². The van der Waals surface area contributed by atoms with E-state index in [1.807, 2.05) is 42.5 Å². The van der Waals surface area contributed by atoms with Crippen LogP contribution in [0, 0.1) is 40.2 Å². The minimum atomic E-state index is -2.60. The molecule has 3 fully saturated rings. The topological polar surface area (TPSA) is 89.5 Å². The molecule has 10 nitrogen and oxygen atoms in total. The summed E-state index contributed by atoms with van der Waals surface area (Å²) in [4.78, 5) is 29.4. The highest BCUT2D eigenvalue weighted by Gasteiger charge is 2.51. The molecular formula is C54H70F5N5O5Si. The summed E-state index contributed by atoms with van der Waals surface area (Å²) in [5.41, 5.74) is 2.14. The van der Waals surface area contributed by atoms with E-state index in [-0.39, 0.29) is 112 Å². The Labute approximate surface area is 411 Å². The largest absolute Gasteiger partial charge is 0.468 e. The van der Waals surface area contributed by atoms with Crippen molar-refractivity contribution in [2.75, 3.05) is 52.1 Å². The van der Waals surface area contributed by atoms with Crippen molar-refractivity contribution in [2.24, 2.45) is 11.3 Å². The van der Waals surface area contributed by atoms with Gasteiger partial charge in [0.15, 0.2) is 12.6 Å². The number of aromatic nitrogens is 2. The lowest BCUT2D eigenvalue weighted by molar-refractivity contribution is -0.0679. The Hall–Kier alpha value is -4.72. The third kappa shape index (κ3) is 9.32. The number of methoxy groups -OCH3 is 1. The van der Waals surface area contributed by atoms with Crippen LogP contribution in [0.5, 0.6) is 11.8 Å². The Morgan fingerprint density at radius 3 is 2.30 bits per heavy atom. The molecular weight excluding hydrogens is 922 g/mol. The molecule has 4 aromatic rings. The van der Waals surface area contributed by atoms with Crippen LogP contribution in [0.1, 0.15) is 112 Å². The van der Waals surface area contributed by atoms with Crippen LogP contribution in [-0.4, -0.2) is 111 Å². The molecule has 16 heteroatoms. The third-order valence-corrected chi connectivity index (χ3v) is 22.1. The molecule has 3 aromatic carbocycles. The second kappa shape index (κ2) is 19.7. The monoisotopic (exact) mass is 992 g/mol. The highest BCUT2D eigenvalue weighted by molar-refractivity contribution is 6.90. The van der Waals surface area contributed by atoms with Gasteiger partial charge in [-0.25, -0.2) is 26.7 Å². The van der Waals surface area contributed by atoms with E-state index in [4.69, 9.17) is 28.9 Å². The van der Waals surface area contributed by atoms with Crippen LogP contribution < -0.4 is 14.4 Å². The number of hydrogen-bond acceptors (Lipinski definition) is 9. The number of amides is 1. The van der Waals surface area contributed by atoms with Gasteiger partial charge >= 0.3 is 12.1 Å². The molecule has 1 amide bonds. The molecule has 0 N–H and O–H groups in total. The number of piperazine rings is 1. The molecule has 0 unspecified atom stereocenters. The van der Waals surface area contributed by atoms with E-state index in [9.17, 15) is 13.6 Å². The van der Waals surface area contributed by atoms with E-state index in [1.54, 1.807) is 19.1 Å². The van der Waals surface area contributed by atoms with Crippen molar-refractivity contribution in [1.29, 1.82) is 0 Å². The first-order chi connectivity index (χ1) is 33.0. The standard InChI is InChI=1S/C54H70F5N5O5Si/c1-30(2)70(31(3)4,32(5)6)23-21-36-40(55)18-16-33-24-35(68-29-66-12)25-38(43(33)36)44-46(56)37-14-13-15-41-42-19-17-34(64(42)52(65)69-53(7,8)9)26-63(41)50-45(37)48(47(44)57)60-51(61-50)67-28-54(10)27-62(11)22-20-39(54)49(58)59/h16,18,24-25,30-32,34,39,41-42,49H,13-15,17,19-20,22,26-29H2,1-12H3/t34-,39-,41-,42+,54+/m1/s1. The van der Waals surface area contributed by atoms with Crippen molar-refractivity contribution < 1.29 is 45.7 Å². The SMILES string of the molecule is COCOc1cc(-c2c(F)c3c4c(nc(OC[C@]5(C)CN(C)CC[C@@H]5C(F)F)nc4c2F)N2C[C@H]4CC[C@@H]([C@H]2CCC3)N4C(=O)OC(C)(C)C)c2c(C#C[Si](C(C)C)(C(C)C)C(C)C)c(F)ccc2c1. The summed E-state index contributed by atoms with van der Waals surface area (Å²) in [6.45, 7) is 21.0. The number of halogens is 5. The van der Waals surface area contributed by atoms with E-state index in [0.717, 1.165) is 0 Å². The number of ether oxygens (including phenoxy) is 4.